The molecule has 2 aromatic rings. The number of aliphatic hydroxyl groups is 1. The van der Waals surface area contributed by atoms with Crippen LogP contribution in [0.4, 0.5) is 11.4 Å². The van der Waals surface area contributed by atoms with Gasteiger partial charge in [-0.25, -0.2) is 0 Å². The Morgan fingerprint density at radius 1 is 1.05 bits per heavy atom. The molecule has 102 valence electrons. The van der Waals surface area contributed by atoms with Crippen LogP contribution in [0.25, 0.3) is 0 Å². The molecule has 0 spiro atoms. The zero-order chi connectivity index (χ0) is 13.5. The third kappa shape index (κ3) is 1.78. The van der Waals surface area contributed by atoms with E-state index in [9.17, 15) is 5.11 Å². The molecule has 4 rings (SSSR count). The van der Waals surface area contributed by atoms with Crippen molar-refractivity contribution in [1.29, 1.82) is 0 Å². The minimum Gasteiger partial charge on any atom is -0.386 e. The van der Waals surface area contributed by atoms with Crippen molar-refractivity contribution < 1.29 is 5.11 Å². The Hall–Kier alpha value is -2.00. The maximum atomic E-state index is 10.8. The molecular formula is C17H18N2O. The summed E-state index contributed by atoms with van der Waals surface area (Å²) in [5.74, 6) is 0. The number of hydrogen-bond acceptors (Lipinski definition) is 3. The monoisotopic (exact) mass is 266 g/mol. The van der Waals surface area contributed by atoms with Crippen molar-refractivity contribution in [2.75, 3.05) is 17.2 Å². The van der Waals surface area contributed by atoms with Crippen molar-refractivity contribution in [3.8, 4) is 0 Å². The van der Waals surface area contributed by atoms with Crippen LogP contribution in [0.1, 0.15) is 22.8 Å². The molecule has 0 amide bonds. The summed E-state index contributed by atoms with van der Waals surface area (Å²) in [5, 5.41) is 17.6. The second-order valence-electron chi connectivity index (χ2n) is 5.62. The molecular weight excluding hydrogens is 248 g/mol. The van der Waals surface area contributed by atoms with E-state index in [1.807, 2.05) is 18.2 Å². The maximum Gasteiger partial charge on any atom is 0.101 e. The van der Waals surface area contributed by atoms with E-state index in [0.717, 1.165) is 36.3 Å². The molecule has 2 heterocycles. The zero-order valence-corrected chi connectivity index (χ0v) is 11.3. The predicted molar refractivity (Wildman–Crippen MR) is 81.2 cm³/mol. The molecule has 2 aliphatic heterocycles. The topological polar surface area (TPSA) is 44.3 Å². The molecule has 0 aromatic heterocycles. The summed E-state index contributed by atoms with van der Waals surface area (Å²) >= 11 is 0. The summed E-state index contributed by atoms with van der Waals surface area (Å²) in [5.41, 5.74) is 5.91. The normalized spacial score (nSPS) is 20.8. The third-order valence-corrected chi connectivity index (χ3v) is 4.38. The molecule has 0 radical (unpaired) electrons. The van der Waals surface area contributed by atoms with Gasteiger partial charge in [0.05, 0.1) is 6.04 Å². The van der Waals surface area contributed by atoms with Gasteiger partial charge in [0.15, 0.2) is 0 Å². The Kier molecular flexibility index (Phi) is 2.67. The largest absolute Gasteiger partial charge is 0.386 e. The molecule has 2 aromatic carbocycles. The predicted octanol–water partition coefficient (Wildman–Crippen LogP) is 2.72. The fraction of sp³-hybridized carbons (Fsp3) is 0.294. The molecule has 2 aliphatic rings. The minimum absolute atomic E-state index is 0.0568. The summed E-state index contributed by atoms with van der Waals surface area (Å²) in [4.78, 5) is 0. The van der Waals surface area contributed by atoms with Gasteiger partial charge in [-0.1, -0.05) is 36.4 Å². The Balaban J connectivity index is 1.64. The summed E-state index contributed by atoms with van der Waals surface area (Å²) in [7, 11) is 0. The van der Waals surface area contributed by atoms with Gasteiger partial charge in [0.25, 0.3) is 0 Å². The van der Waals surface area contributed by atoms with Crippen LogP contribution in [0.5, 0.6) is 0 Å². The second kappa shape index (κ2) is 4.53. The first-order chi connectivity index (χ1) is 9.83. The van der Waals surface area contributed by atoms with Crippen LogP contribution < -0.4 is 10.6 Å². The molecule has 20 heavy (non-hydrogen) atoms. The lowest BCUT2D eigenvalue weighted by Gasteiger charge is -2.22. The van der Waals surface area contributed by atoms with E-state index in [2.05, 4.69) is 34.9 Å². The summed E-state index contributed by atoms with van der Waals surface area (Å²) in [6.45, 7) is 0.970. The molecule has 3 nitrogen and oxygen atoms in total. The van der Waals surface area contributed by atoms with Crippen LogP contribution in [-0.4, -0.2) is 17.7 Å². The number of benzene rings is 2. The van der Waals surface area contributed by atoms with Crippen LogP contribution in [0.15, 0.2) is 42.5 Å². The maximum absolute atomic E-state index is 10.8. The molecule has 0 saturated carbocycles. The van der Waals surface area contributed by atoms with E-state index in [-0.39, 0.29) is 6.04 Å². The molecule has 2 unspecified atom stereocenters. The van der Waals surface area contributed by atoms with E-state index >= 15 is 0 Å². The lowest BCUT2D eigenvalue weighted by molar-refractivity contribution is 0.157. The SMILES string of the molecule is OC(c1cccc2c1NCC2)C1Cc2ccccc2N1. The lowest BCUT2D eigenvalue weighted by atomic mass is 9.96. The van der Waals surface area contributed by atoms with Crippen LogP contribution in [0.3, 0.4) is 0 Å². The Morgan fingerprint density at radius 3 is 2.80 bits per heavy atom. The Bertz CT molecular complexity index is 628. The van der Waals surface area contributed by atoms with Gasteiger partial charge in [-0.2, -0.15) is 0 Å². The van der Waals surface area contributed by atoms with Gasteiger partial charge in [0.1, 0.15) is 6.10 Å². The van der Waals surface area contributed by atoms with Crippen molar-refractivity contribution in [2.45, 2.75) is 25.0 Å². The standard InChI is InChI=1S/C17H18N2O/c20-17(13-6-3-5-11-8-9-18-16(11)13)15-10-12-4-1-2-7-14(12)19-15/h1-7,15,17-20H,8-10H2. The van der Waals surface area contributed by atoms with Crippen molar-refractivity contribution in [3.05, 3.63) is 59.2 Å². The molecule has 0 aliphatic carbocycles. The van der Waals surface area contributed by atoms with Gasteiger partial charge >= 0.3 is 0 Å². The van der Waals surface area contributed by atoms with Crippen molar-refractivity contribution in [1.82, 2.24) is 0 Å². The van der Waals surface area contributed by atoms with Gasteiger partial charge in [-0.15, -0.1) is 0 Å². The smallest absolute Gasteiger partial charge is 0.101 e. The van der Waals surface area contributed by atoms with Gasteiger partial charge in [0.2, 0.25) is 0 Å². The van der Waals surface area contributed by atoms with E-state index in [1.54, 1.807) is 0 Å². The van der Waals surface area contributed by atoms with Gasteiger partial charge in [-0.05, 0) is 30.0 Å². The van der Waals surface area contributed by atoms with Crippen molar-refractivity contribution >= 4 is 11.4 Å². The number of hydrogen-bond donors (Lipinski definition) is 3. The molecule has 0 saturated heterocycles. The second-order valence-corrected chi connectivity index (χ2v) is 5.62. The summed E-state index contributed by atoms with van der Waals surface area (Å²) < 4.78 is 0. The first kappa shape index (κ1) is 11.8. The minimum atomic E-state index is -0.483. The first-order valence-electron chi connectivity index (χ1n) is 7.21. The highest BCUT2D eigenvalue weighted by Crippen LogP contribution is 2.36. The van der Waals surface area contributed by atoms with Crippen molar-refractivity contribution in [2.24, 2.45) is 0 Å². The molecule has 2 atom stereocenters. The number of para-hydroxylation sites is 2. The summed E-state index contributed by atoms with van der Waals surface area (Å²) in [6, 6.07) is 14.6. The summed E-state index contributed by atoms with van der Waals surface area (Å²) in [6.07, 6.45) is 1.44. The number of fused-ring (bicyclic) bond motifs is 2. The van der Waals surface area contributed by atoms with Crippen molar-refractivity contribution in [3.63, 3.8) is 0 Å². The fourth-order valence-electron chi connectivity index (χ4n) is 3.35. The zero-order valence-electron chi connectivity index (χ0n) is 11.3. The number of rotatable bonds is 2. The van der Waals surface area contributed by atoms with E-state index in [1.165, 1.54) is 11.1 Å². The van der Waals surface area contributed by atoms with E-state index in [0.29, 0.717) is 0 Å². The highest BCUT2D eigenvalue weighted by atomic mass is 16.3. The average molecular weight is 266 g/mol. The van der Waals surface area contributed by atoms with Gasteiger partial charge in [0, 0.05) is 23.5 Å². The number of nitrogens with one attached hydrogen (secondary N) is 2. The van der Waals surface area contributed by atoms with E-state index < -0.39 is 6.10 Å². The van der Waals surface area contributed by atoms with Crippen LogP contribution >= 0.6 is 0 Å². The molecule has 3 heteroatoms. The van der Waals surface area contributed by atoms with Crippen LogP contribution in [0, 0.1) is 0 Å². The quantitative estimate of drug-likeness (QED) is 0.783. The van der Waals surface area contributed by atoms with E-state index in [4.69, 9.17) is 0 Å². The third-order valence-electron chi connectivity index (χ3n) is 4.38. The first-order valence-corrected chi connectivity index (χ1v) is 7.21. The Morgan fingerprint density at radius 2 is 1.90 bits per heavy atom. The number of aliphatic hydroxyl groups excluding tert-OH is 1. The lowest BCUT2D eigenvalue weighted by Crippen LogP contribution is -2.25. The molecule has 0 fully saturated rings. The fourth-order valence-corrected chi connectivity index (χ4v) is 3.35. The highest BCUT2D eigenvalue weighted by Gasteiger charge is 2.30. The van der Waals surface area contributed by atoms with Crippen LogP contribution in [-0.2, 0) is 12.8 Å². The average Bonchev–Trinajstić information content (AvgIpc) is 3.12. The molecule has 3 N–H and O–H groups in total. The van der Waals surface area contributed by atoms with Gasteiger partial charge in [-0.3, -0.25) is 0 Å². The highest BCUT2D eigenvalue weighted by molar-refractivity contribution is 5.63. The van der Waals surface area contributed by atoms with Crippen LogP contribution in [0.2, 0.25) is 0 Å². The molecule has 0 bridgehead atoms. The number of anilines is 2. The Labute approximate surface area is 118 Å². The van der Waals surface area contributed by atoms with Gasteiger partial charge < -0.3 is 15.7 Å².